The van der Waals surface area contributed by atoms with Gasteiger partial charge in [0.2, 0.25) is 0 Å². The molecule has 6 heteroatoms. The normalized spacial score (nSPS) is 14.3. The molecule has 0 aliphatic carbocycles. The summed E-state index contributed by atoms with van der Waals surface area (Å²) in [5, 5.41) is 15.0. The number of ether oxygens (including phenoxy) is 1. The predicted molar refractivity (Wildman–Crippen MR) is 88.3 cm³/mol. The minimum atomic E-state index is -0.758. The van der Waals surface area contributed by atoms with Crippen LogP contribution >= 0.6 is 0 Å². The largest absolute Gasteiger partial charge is 0.490 e. The number of unbranched alkanes of at least 4 members (excludes halogenated alkanes) is 2. The number of hydrogen-bond acceptors (Lipinski definition) is 5. The molecule has 1 aromatic carbocycles. The Morgan fingerprint density at radius 1 is 1.35 bits per heavy atom. The van der Waals surface area contributed by atoms with Crippen LogP contribution in [0.3, 0.4) is 0 Å². The zero-order valence-electron chi connectivity index (χ0n) is 13.4. The fourth-order valence-corrected chi connectivity index (χ4v) is 2.53. The number of carbonyl (C=O) groups is 2. The van der Waals surface area contributed by atoms with Crippen LogP contribution in [-0.4, -0.2) is 42.6 Å². The van der Waals surface area contributed by atoms with Crippen LogP contribution in [-0.2, 0) is 4.79 Å². The van der Waals surface area contributed by atoms with E-state index in [0.717, 1.165) is 30.8 Å². The average molecular weight is 320 g/mol. The van der Waals surface area contributed by atoms with Gasteiger partial charge in [0.25, 0.3) is 0 Å². The third-order valence-corrected chi connectivity index (χ3v) is 3.85. The number of aliphatic carboxylic acids is 1. The standard InChI is InChI=1S/C17H24N2O4/c1-12(18-8-4-2-3-5-16(20)21)17(22)13-6-7-15-14(11-13)19-9-10-23-15/h6-7,11-12,18-19H,2-5,8-10H2,1H3,(H,20,21). The summed E-state index contributed by atoms with van der Waals surface area (Å²) in [4.78, 5) is 22.8. The Bertz CT molecular complexity index is 560. The minimum absolute atomic E-state index is 0.0470. The van der Waals surface area contributed by atoms with Gasteiger partial charge in [-0.15, -0.1) is 0 Å². The highest BCUT2D eigenvalue weighted by atomic mass is 16.5. The van der Waals surface area contributed by atoms with E-state index in [-0.39, 0.29) is 18.2 Å². The molecule has 0 spiro atoms. The lowest BCUT2D eigenvalue weighted by atomic mass is 10.0. The number of fused-ring (bicyclic) bond motifs is 1. The Labute approximate surface area is 136 Å². The first-order chi connectivity index (χ1) is 11.1. The molecule has 0 amide bonds. The second kappa shape index (κ2) is 8.53. The van der Waals surface area contributed by atoms with E-state index in [1.807, 2.05) is 19.1 Å². The molecule has 0 fully saturated rings. The zero-order chi connectivity index (χ0) is 16.7. The van der Waals surface area contributed by atoms with Gasteiger partial charge in [-0.1, -0.05) is 6.42 Å². The van der Waals surface area contributed by atoms with Crippen molar-refractivity contribution in [2.45, 2.75) is 38.6 Å². The predicted octanol–water partition coefficient (Wildman–Crippen LogP) is 2.30. The molecule has 1 unspecified atom stereocenters. The van der Waals surface area contributed by atoms with Crippen molar-refractivity contribution in [3.8, 4) is 5.75 Å². The van der Waals surface area contributed by atoms with Crippen molar-refractivity contribution in [2.24, 2.45) is 0 Å². The van der Waals surface area contributed by atoms with Crippen LogP contribution in [0.2, 0.25) is 0 Å². The van der Waals surface area contributed by atoms with E-state index >= 15 is 0 Å². The van der Waals surface area contributed by atoms with Crippen molar-refractivity contribution in [3.63, 3.8) is 0 Å². The van der Waals surface area contributed by atoms with Crippen molar-refractivity contribution in [2.75, 3.05) is 25.0 Å². The van der Waals surface area contributed by atoms with Crippen LogP contribution in [0.15, 0.2) is 18.2 Å². The molecule has 126 valence electrons. The van der Waals surface area contributed by atoms with Crippen molar-refractivity contribution >= 4 is 17.4 Å². The fraction of sp³-hybridized carbons (Fsp3) is 0.529. The van der Waals surface area contributed by atoms with Crippen LogP contribution in [0.1, 0.15) is 43.0 Å². The van der Waals surface area contributed by atoms with Gasteiger partial charge >= 0.3 is 5.97 Å². The third-order valence-electron chi connectivity index (χ3n) is 3.85. The third kappa shape index (κ3) is 5.25. The molecule has 1 heterocycles. The zero-order valence-corrected chi connectivity index (χ0v) is 13.4. The first-order valence-corrected chi connectivity index (χ1v) is 8.08. The Kier molecular flexibility index (Phi) is 6.40. The number of benzene rings is 1. The molecule has 1 aliphatic heterocycles. The molecule has 1 atom stereocenters. The summed E-state index contributed by atoms with van der Waals surface area (Å²) < 4.78 is 5.51. The second-order valence-corrected chi connectivity index (χ2v) is 5.73. The van der Waals surface area contributed by atoms with E-state index in [9.17, 15) is 9.59 Å². The highest BCUT2D eigenvalue weighted by Gasteiger charge is 2.17. The first-order valence-electron chi connectivity index (χ1n) is 8.08. The lowest BCUT2D eigenvalue weighted by Gasteiger charge is -2.20. The number of carboxylic acids is 1. The lowest BCUT2D eigenvalue weighted by molar-refractivity contribution is -0.137. The van der Waals surface area contributed by atoms with Crippen LogP contribution in [0.4, 0.5) is 5.69 Å². The SMILES string of the molecule is CC(NCCCCCC(=O)O)C(=O)c1ccc2c(c1)NCCO2. The fourth-order valence-electron chi connectivity index (χ4n) is 2.53. The Hall–Kier alpha value is -2.08. The molecular weight excluding hydrogens is 296 g/mol. The van der Waals surface area contributed by atoms with Crippen LogP contribution in [0, 0.1) is 0 Å². The molecule has 0 saturated heterocycles. The molecule has 1 aliphatic rings. The summed E-state index contributed by atoms with van der Waals surface area (Å²) in [7, 11) is 0. The highest BCUT2D eigenvalue weighted by Crippen LogP contribution is 2.28. The number of carboxylic acid groups (broad SMARTS) is 1. The molecule has 3 N–H and O–H groups in total. The van der Waals surface area contributed by atoms with Crippen LogP contribution in [0.25, 0.3) is 0 Å². The molecule has 0 saturated carbocycles. The van der Waals surface area contributed by atoms with Gasteiger partial charge in [-0.05, 0) is 44.5 Å². The molecule has 2 rings (SSSR count). The topological polar surface area (TPSA) is 87.7 Å². The maximum Gasteiger partial charge on any atom is 0.303 e. The smallest absolute Gasteiger partial charge is 0.303 e. The molecule has 0 aromatic heterocycles. The molecule has 0 bridgehead atoms. The van der Waals surface area contributed by atoms with Gasteiger partial charge in [-0.2, -0.15) is 0 Å². The summed E-state index contributed by atoms with van der Waals surface area (Å²) >= 11 is 0. The maximum atomic E-state index is 12.4. The van der Waals surface area contributed by atoms with E-state index in [1.54, 1.807) is 6.07 Å². The van der Waals surface area contributed by atoms with Gasteiger partial charge in [0, 0.05) is 18.5 Å². The molecule has 1 aromatic rings. The summed E-state index contributed by atoms with van der Waals surface area (Å²) in [5.41, 5.74) is 1.52. The van der Waals surface area contributed by atoms with Gasteiger partial charge < -0.3 is 20.5 Å². The Balaban J connectivity index is 1.77. The lowest BCUT2D eigenvalue weighted by Crippen LogP contribution is -2.34. The molecule has 0 radical (unpaired) electrons. The number of carbonyl (C=O) groups excluding carboxylic acids is 1. The molecule has 6 nitrogen and oxygen atoms in total. The van der Waals surface area contributed by atoms with Gasteiger partial charge in [0.05, 0.1) is 11.7 Å². The minimum Gasteiger partial charge on any atom is -0.490 e. The highest BCUT2D eigenvalue weighted by molar-refractivity contribution is 6.01. The Morgan fingerprint density at radius 3 is 2.96 bits per heavy atom. The van der Waals surface area contributed by atoms with Crippen molar-refractivity contribution in [1.82, 2.24) is 5.32 Å². The van der Waals surface area contributed by atoms with E-state index in [1.165, 1.54) is 0 Å². The Morgan fingerprint density at radius 2 is 2.17 bits per heavy atom. The number of anilines is 1. The quantitative estimate of drug-likeness (QED) is 0.478. The molecule has 23 heavy (non-hydrogen) atoms. The van der Waals surface area contributed by atoms with Gasteiger partial charge in [-0.3, -0.25) is 9.59 Å². The molecular formula is C17H24N2O4. The summed E-state index contributed by atoms with van der Waals surface area (Å²) in [5.74, 6) is 0.0732. The number of ketones is 1. The monoisotopic (exact) mass is 320 g/mol. The maximum absolute atomic E-state index is 12.4. The van der Waals surface area contributed by atoms with E-state index < -0.39 is 5.97 Å². The van der Waals surface area contributed by atoms with Gasteiger partial charge in [0.15, 0.2) is 5.78 Å². The summed E-state index contributed by atoms with van der Waals surface area (Å²) in [6.45, 7) is 3.94. The summed E-state index contributed by atoms with van der Waals surface area (Å²) in [6.07, 6.45) is 2.60. The number of nitrogens with one attached hydrogen (secondary N) is 2. The van der Waals surface area contributed by atoms with E-state index in [0.29, 0.717) is 25.1 Å². The van der Waals surface area contributed by atoms with Gasteiger partial charge in [-0.25, -0.2) is 0 Å². The van der Waals surface area contributed by atoms with Crippen molar-refractivity contribution in [3.05, 3.63) is 23.8 Å². The van der Waals surface area contributed by atoms with E-state index in [4.69, 9.17) is 9.84 Å². The van der Waals surface area contributed by atoms with Crippen molar-refractivity contribution in [1.29, 1.82) is 0 Å². The second-order valence-electron chi connectivity index (χ2n) is 5.73. The van der Waals surface area contributed by atoms with Crippen LogP contribution in [0.5, 0.6) is 5.75 Å². The van der Waals surface area contributed by atoms with Crippen molar-refractivity contribution < 1.29 is 19.4 Å². The average Bonchev–Trinajstić information content (AvgIpc) is 2.56. The van der Waals surface area contributed by atoms with Crippen LogP contribution < -0.4 is 15.4 Å². The number of Topliss-reactive ketones (excluding diaryl/α,β-unsaturated/α-hetero) is 1. The number of rotatable bonds is 9. The summed E-state index contributed by atoms with van der Waals surface area (Å²) in [6, 6.07) is 5.19. The first kappa shape index (κ1) is 17.3. The number of hydrogen-bond donors (Lipinski definition) is 3. The van der Waals surface area contributed by atoms with Gasteiger partial charge in [0.1, 0.15) is 12.4 Å². The van der Waals surface area contributed by atoms with E-state index in [2.05, 4.69) is 10.6 Å².